The molecule has 0 amide bonds. The van der Waals surface area contributed by atoms with Gasteiger partial charge >= 0.3 is 0 Å². The first-order chi connectivity index (χ1) is 6.47. The largest absolute Gasteiger partial charge is 0.300 e. The molecule has 0 aliphatic heterocycles. The smallest absolute Gasteiger partial charge is 0.132 e. The Hall–Kier alpha value is -0.330. The Balaban J connectivity index is 4.02. The maximum Gasteiger partial charge on any atom is 0.132 e. The van der Waals surface area contributed by atoms with Crippen molar-refractivity contribution in [2.24, 2.45) is 17.8 Å². The third kappa shape index (κ3) is 6.17. The van der Waals surface area contributed by atoms with E-state index in [-0.39, 0.29) is 0 Å². The molecule has 1 heteroatoms. The molecule has 2 unspecified atom stereocenters. The van der Waals surface area contributed by atoms with E-state index in [9.17, 15) is 4.79 Å². The van der Waals surface area contributed by atoms with Crippen molar-refractivity contribution in [3.05, 3.63) is 0 Å². The minimum absolute atomic E-state index is 0.302. The lowest BCUT2D eigenvalue weighted by Crippen LogP contribution is -2.16. The molecule has 0 heterocycles. The molecule has 0 saturated heterocycles. The van der Waals surface area contributed by atoms with Crippen molar-refractivity contribution in [2.75, 3.05) is 0 Å². The molecule has 0 spiro atoms. The Morgan fingerprint density at radius 3 is 2.07 bits per heavy atom. The Bertz CT molecular complexity index is 161. The molecule has 0 aliphatic rings. The zero-order valence-corrected chi connectivity index (χ0v) is 10.5. The van der Waals surface area contributed by atoms with E-state index in [0.717, 1.165) is 12.8 Å². The van der Waals surface area contributed by atoms with Gasteiger partial charge in [-0.2, -0.15) is 0 Å². The van der Waals surface area contributed by atoms with E-state index in [1.165, 1.54) is 12.8 Å². The third-order valence-corrected chi connectivity index (χ3v) is 2.80. The van der Waals surface area contributed by atoms with E-state index < -0.39 is 0 Å². The minimum atomic E-state index is 0.302. The predicted octanol–water partition coefficient (Wildman–Crippen LogP) is 4.06. The number of carbonyl (C=O) groups excluding carboxylic acids is 1. The zero-order valence-electron chi connectivity index (χ0n) is 10.5. The summed E-state index contributed by atoms with van der Waals surface area (Å²) in [7, 11) is 0. The van der Waals surface area contributed by atoms with Gasteiger partial charge in [-0.3, -0.25) is 4.79 Å². The third-order valence-electron chi connectivity index (χ3n) is 2.80. The lowest BCUT2D eigenvalue weighted by molar-refractivity contribution is -0.121. The van der Waals surface area contributed by atoms with Crippen LogP contribution in [0.2, 0.25) is 0 Å². The molecule has 14 heavy (non-hydrogen) atoms. The van der Waals surface area contributed by atoms with Gasteiger partial charge in [0, 0.05) is 5.92 Å². The number of Topliss-reactive ketones (excluding diaryl/α,β-unsaturated/α-hetero) is 1. The summed E-state index contributed by atoms with van der Waals surface area (Å²) in [5.41, 5.74) is 0. The fraction of sp³-hybridized carbons (Fsp3) is 0.923. The fourth-order valence-electron chi connectivity index (χ4n) is 2.09. The molecule has 0 saturated carbocycles. The molecule has 0 fully saturated rings. The minimum Gasteiger partial charge on any atom is -0.300 e. The van der Waals surface area contributed by atoms with Gasteiger partial charge in [0.05, 0.1) is 0 Å². The van der Waals surface area contributed by atoms with Gasteiger partial charge in [-0.05, 0) is 31.6 Å². The highest BCUT2D eigenvalue weighted by Crippen LogP contribution is 2.23. The Labute approximate surface area is 89.3 Å². The molecule has 0 aliphatic carbocycles. The van der Waals surface area contributed by atoms with Crippen molar-refractivity contribution < 1.29 is 4.79 Å². The molecular formula is C13H26O. The van der Waals surface area contributed by atoms with Gasteiger partial charge in [-0.1, -0.05) is 40.5 Å². The van der Waals surface area contributed by atoms with Crippen molar-refractivity contribution in [1.29, 1.82) is 0 Å². The average molecular weight is 198 g/mol. The van der Waals surface area contributed by atoms with E-state index in [2.05, 4.69) is 27.7 Å². The van der Waals surface area contributed by atoms with Gasteiger partial charge < -0.3 is 0 Å². The SMILES string of the molecule is CCCC(C)CC(CC(C)C)C(C)=O. The van der Waals surface area contributed by atoms with Gasteiger partial charge in [0.25, 0.3) is 0 Å². The molecule has 0 aromatic carbocycles. The molecule has 0 aromatic rings. The summed E-state index contributed by atoms with van der Waals surface area (Å²) in [5.74, 6) is 2.02. The van der Waals surface area contributed by atoms with Gasteiger partial charge in [0.15, 0.2) is 0 Å². The normalized spacial score (nSPS) is 15.6. The molecular weight excluding hydrogens is 172 g/mol. The van der Waals surface area contributed by atoms with Crippen LogP contribution >= 0.6 is 0 Å². The lowest BCUT2D eigenvalue weighted by atomic mass is 9.85. The van der Waals surface area contributed by atoms with Crippen molar-refractivity contribution in [3.63, 3.8) is 0 Å². The molecule has 0 aromatic heterocycles. The topological polar surface area (TPSA) is 17.1 Å². The second-order valence-corrected chi connectivity index (χ2v) is 5.07. The van der Waals surface area contributed by atoms with Crippen molar-refractivity contribution in [1.82, 2.24) is 0 Å². The Kier molecular flexibility index (Phi) is 6.86. The fourth-order valence-corrected chi connectivity index (χ4v) is 2.09. The highest BCUT2D eigenvalue weighted by molar-refractivity contribution is 5.78. The Morgan fingerprint density at radius 2 is 1.71 bits per heavy atom. The first kappa shape index (κ1) is 13.7. The van der Waals surface area contributed by atoms with Gasteiger partial charge in [0.1, 0.15) is 5.78 Å². The monoisotopic (exact) mass is 198 g/mol. The summed E-state index contributed by atoms with van der Waals surface area (Å²) < 4.78 is 0. The molecule has 0 bridgehead atoms. The summed E-state index contributed by atoms with van der Waals surface area (Å²) in [6.45, 7) is 10.6. The molecule has 1 nitrogen and oxygen atoms in total. The zero-order chi connectivity index (χ0) is 11.1. The van der Waals surface area contributed by atoms with Crippen LogP contribution in [0.25, 0.3) is 0 Å². The van der Waals surface area contributed by atoms with Crippen molar-refractivity contribution in [2.45, 2.75) is 60.3 Å². The molecule has 84 valence electrons. The first-order valence-electron chi connectivity index (χ1n) is 5.97. The van der Waals surface area contributed by atoms with E-state index >= 15 is 0 Å². The van der Waals surface area contributed by atoms with E-state index in [4.69, 9.17) is 0 Å². The van der Waals surface area contributed by atoms with Crippen LogP contribution in [-0.2, 0) is 4.79 Å². The van der Waals surface area contributed by atoms with Crippen LogP contribution in [-0.4, -0.2) is 5.78 Å². The summed E-state index contributed by atoms with van der Waals surface area (Å²) in [5, 5.41) is 0. The van der Waals surface area contributed by atoms with Crippen LogP contribution in [0.5, 0.6) is 0 Å². The van der Waals surface area contributed by atoms with Gasteiger partial charge in [0.2, 0.25) is 0 Å². The van der Waals surface area contributed by atoms with Crippen molar-refractivity contribution >= 4 is 5.78 Å². The summed E-state index contributed by atoms with van der Waals surface area (Å²) in [6, 6.07) is 0. The highest BCUT2D eigenvalue weighted by Gasteiger charge is 2.18. The van der Waals surface area contributed by atoms with Gasteiger partial charge in [-0.15, -0.1) is 0 Å². The average Bonchev–Trinajstić information content (AvgIpc) is 2.02. The quantitative estimate of drug-likeness (QED) is 0.603. The second-order valence-electron chi connectivity index (χ2n) is 5.07. The van der Waals surface area contributed by atoms with Crippen LogP contribution < -0.4 is 0 Å². The Morgan fingerprint density at radius 1 is 1.14 bits per heavy atom. The van der Waals surface area contributed by atoms with E-state index in [1.807, 2.05) is 0 Å². The van der Waals surface area contributed by atoms with E-state index in [1.54, 1.807) is 6.92 Å². The number of hydrogen-bond donors (Lipinski definition) is 0. The molecule has 2 atom stereocenters. The summed E-state index contributed by atoms with van der Waals surface area (Å²) in [4.78, 5) is 11.4. The van der Waals surface area contributed by atoms with Crippen molar-refractivity contribution in [3.8, 4) is 0 Å². The van der Waals surface area contributed by atoms with Crippen LogP contribution in [0, 0.1) is 17.8 Å². The van der Waals surface area contributed by atoms with Crippen LogP contribution in [0.15, 0.2) is 0 Å². The summed E-state index contributed by atoms with van der Waals surface area (Å²) in [6.07, 6.45) is 4.63. The predicted molar refractivity (Wildman–Crippen MR) is 62.3 cm³/mol. The van der Waals surface area contributed by atoms with E-state index in [0.29, 0.717) is 23.5 Å². The van der Waals surface area contributed by atoms with Crippen LogP contribution in [0.4, 0.5) is 0 Å². The highest BCUT2D eigenvalue weighted by atomic mass is 16.1. The van der Waals surface area contributed by atoms with Crippen LogP contribution in [0.3, 0.4) is 0 Å². The summed E-state index contributed by atoms with van der Waals surface area (Å²) >= 11 is 0. The maximum absolute atomic E-state index is 11.4. The van der Waals surface area contributed by atoms with Gasteiger partial charge in [-0.25, -0.2) is 0 Å². The lowest BCUT2D eigenvalue weighted by Gasteiger charge is -2.19. The molecule has 0 rings (SSSR count). The number of rotatable bonds is 7. The molecule has 0 N–H and O–H groups in total. The number of ketones is 1. The second kappa shape index (κ2) is 7.03. The standard InChI is InChI=1S/C13H26O/c1-6-7-11(4)9-13(12(5)14)8-10(2)3/h10-11,13H,6-9H2,1-5H3. The number of carbonyl (C=O) groups is 1. The van der Waals surface area contributed by atoms with Crippen LogP contribution in [0.1, 0.15) is 60.3 Å². The maximum atomic E-state index is 11.4. The first-order valence-corrected chi connectivity index (χ1v) is 5.97. The molecule has 0 radical (unpaired) electrons. The number of hydrogen-bond acceptors (Lipinski definition) is 1.